The van der Waals surface area contributed by atoms with Crippen LogP contribution in [0.2, 0.25) is 5.02 Å². The Bertz CT molecular complexity index is 691. The van der Waals surface area contributed by atoms with Gasteiger partial charge in [0.05, 0.1) is 12.3 Å². The van der Waals surface area contributed by atoms with Crippen LogP contribution in [-0.4, -0.2) is 24.8 Å². The molecule has 0 aliphatic carbocycles. The number of hydrogen-bond donors (Lipinski definition) is 1. The van der Waals surface area contributed by atoms with E-state index >= 15 is 0 Å². The molecule has 24 heavy (non-hydrogen) atoms. The molecular formula is C19H22ClNO2S. The molecule has 0 aliphatic rings. The van der Waals surface area contributed by atoms with Crippen molar-refractivity contribution < 1.29 is 9.53 Å². The molecule has 0 aromatic heterocycles. The van der Waals surface area contributed by atoms with Gasteiger partial charge in [-0.15, -0.1) is 11.8 Å². The molecule has 0 unspecified atom stereocenters. The predicted octanol–water partition coefficient (Wildman–Crippen LogP) is 4.39. The lowest BCUT2D eigenvalue weighted by Gasteiger charge is -2.10. The first-order chi connectivity index (χ1) is 11.5. The highest BCUT2D eigenvalue weighted by Gasteiger charge is 2.03. The molecule has 0 aliphatic heterocycles. The number of aryl methyl sites for hydroxylation is 2. The number of halogens is 1. The van der Waals surface area contributed by atoms with E-state index in [-0.39, 0.29) is 5.91 Å². The van der Waals surface area contributed by atoms with Crippen LogP contribution in [0.3, 0.4) is 0 Å². The second kappa shape index (κ2) is 9.60. The van der Waals surface area contributed by atoms with Crippen LogP contribution in [0.1, 0.15) is 16.7 Å². The van der Waals surface area contributed by atoms with Gasteiger partial charge in [-0.25, -0.2) is 0 Å². The summed E-state index contributed by atoms with van der Waals surface area (Å²) in [6.07, 6.45) is 0. The van der Waals surface area contributed by atoms with Crippen molar-refractivity contribution in [2.75, 3.05) is 18.9 Å². The maximum atomic E-state index is 11.8. The van der Waals surface area contributed by atoms with Crippen LogP contribution >= 0.6 is 23.4 Å². The molecule has 0 bridgehead atoms. The summed E-state index contributed by atoms with van der Waals surface area (Å²) in [7, 11) is 0. The maximum absolute atomic E-state index is 11.8. The lowest BCUT2D eigenvalue weighted by Crippen LogP contribution is -2.29. The first-order valence-corrected chi connectivity index (χ1v) is 9.37. The number of amides is 1. The second-order valence-electron chi connectivity index (χ2n) is 5.59. The van der Waals surface area contributed by atoms with Crippen LogP contribution in [-0.2, 0) is 10.5 Å². The quantitative estimate of drug-likeness (QED) is 0.707. The van der Waals surface area contributed by atoms with E-state index in [2.05, 4.69) is 11.4 Å². The molecule has 5 heteroatoms. The minimum atomic E-state index is 0.0200. The molecule has 0 radical (unpaired) electrons. The van der Waals surface area contributed by atoms with Gasteiger partial charge in [0.25, 0.3) is 0 Å². The Morgan fingerprint density at radius 1 is 1.21 bits per heavy atom. The van der Waals surface area contributed by atoms with Crippen molar-refractivity contribution in [1.29, 1.82) is 0 Å². The second-order valence-corrected chi connectivity index (χ2v) is 7.01. The smallest absolute Gasteiger partial charge is 0.230 e. The number of benzene rings is 2. The van der Waals surface area contributed by atoms with E-state index in [0.717, 1.165) is 33.2 Å². The van der Waals surface area contributed by atoms with Crippen molar-refractivity contribution in [3.63, 3.8) is 0 Å². The predicted molar refractivity (Wildman–Crippen MR) is 102 cm³/mol. The molecule has 1 N–H and O–H groups in total. The Kier molecular flexibility index (Phi) is 7.47. The monoisotopic (exact) mass is 363 g/mol. The molecule has 1 amide bonds. The highest BCUT2D eigenvalue weighted by molar-refractivity contribution is 7.99. The zero-order valence-electron chi connectivity index (χ0n) is 14.0. The number of carbonyl (C=O) groups is 1. The first kappa shape index (κ1) is 18.7. The van der Waals surface area contributed by atoms with Crippen LogP contribution in [0.4, 0.5) is 0 Å². The Morgan fingerprint density at radius 2 is 2.04 bits per heavy atom. The van der Waals surface area contributed by atoms with E-state index in [0.29, 0.717) is 18.9 Å². The average molecular weight is 364 g/mol. The number of ether oxygens (including phenoxy) is 1. The highest BCUT2D eigenvalue weighted by Crippen LogP contribution is 2.19. The molecule has 2 rings (SSSR count). The van der Waals surface area contributed by atoms with Gasteiger partial charge in [0, 0.05) is 10.8 Å². The van der Waals surface area contributed by atoms with Gasteiger partial charge >= 0.3 is 0 Å². The van der Waals surface area contributed by atoms with Gasteiger partial charge in [-0.1, -0.05) is 35.9 Å². The Balaban J connectivity index is 1.62. The molecule has 0 heterocycles. The molecule has 0 saturated heterocycles. The molecule has 3 nitrogen and oxygen atoms in total. The van der Waals surface area contributed by atoms with Crippen molar-refractivity contribution in [3.05, 3.63) is 64.2 Å². The molecule has 0 atom stereocenters. The first-order valence-electron chi connectivity index (χ1n) is 7.83. The summed E-state index contributed by atoms with van der Waals surface area (Å²) in [5, 5.41) is 3.60. The third-order valence-electron chi connectivity index (χ3n) is 3.42. The fraction of sp³-hybridized carbons (Fsp3) is 0.316. The molecule has 2 aromatic rings. The summed E-state index contributed by atoms with van der Waals surface area (Å²) in [4.78, 5) is 11.8. The molecule has 0 spiro atoms. The van der Waals surface area contributed by atoms with Crippen LogP contribution in [0.15, 0.2) is 42.5 Å². The molecule has 0 saturated carbocycles. The van der Waals surface area contributed by atoms with Crippen molar-refractivity contribution in [1.82, 2.24) is 5.32 Å². The summed E-state index contributed by atoms with van der Waals surface area (Å²) in [6.45, 7) is 5.02. The van der Waals surface area contributed by atoms with E-state index in [1.807, 2.05) is 50.2 Å². The number of carbonyl (C=O) groups excluding carboxylic acids is 1. The standard InChI is InChI=1S/C19H22ClNO2S/c1-14-6-7-15(2)18(10-14)23-9-8-21-19(22)13-24-12-16-4-3-5-17(20)11-16/h3-7,10-11H,8-9,12-13H2,1-2H3,(H,21,22). The normalized spacial score (nSPS) is 10.5. The molecule has 2 aromatic carbocycles. The largest absolute Gasteiger partial charge is 0.491 e. The van der Waals surface area contributed by atoms with Gasteiger partial charge < -0.3 is 10.1 Å². The van der Waals surface area contributed by atoms with Crippen molar-refractivity contribution in [3.8, 4) is 5.75 Å². The summed E-state index contributed by atoms with van der Waals surface area (Å²) in [5.41, 5.74) is 3.39. The third kappa shape index (κ3) is 6.46. The van der Waals surface area contributed by atoms with Crippen LogP contribution in [0.25, 0.3) is 0 Å². The van der Waals surface area contributed by atoms with Crippen LogP contribution in [0.5, 0.6) is 5.75 Å². The van der Waals surface area contributed by atoms with E-state index in [1.165, 1.54) is 0 Å². The fourth-order valence-corrected chi connectivity index (χ4v) is 3.17. The van der Waals surface area contributed by atoms with Gasteiger partial charge in [-0.05, 0) is 48.7 Å². The van der Waals surface area contributed by atoms with Gasteiger partial charge in [0.2, 0.25) is 5.91 Å². The lowest BCUT2D eigenvalue weighted by molar-refractivity contribution is -0.118. The Morgan fingerprint density at radius 3 is 2.83 bits per heavy atom. The van der Waals surface area contributed by atoms with Gasteiger partial charge in [0.1, 0.15) is 12.4 Å². The Hall–Kier alpha value is -1.65. The fourth-order valence-electron chi connectivity index (χ4n) is 2.15. The van der Waals surface area contributed by atoms with Crippen molar-refractivity contribution in [2.24, 2.45) is 0 Å². The number of rotatable bonds is 8. The Labute approximate surface area is 152 Å². The topological polar surface area (TPSA) is 38.3 Å². The third-order valence-corrected chi connectivity index (χ3v) is 4.66. The molecule has 128 valence electrons. The summed E-state index contributed by atoms with van der Waals surface area (Å²) < 4.78 is 5.72. The van der Waals surface area contributed by atoms with Gasteiger partial charge in [0.15, 0.2) is 0 Å². The summed E-state index contributed by atoms with van der Waals surface area (Å²) in [5.74, 6) is 2.09. The average Bonchev–Trinajstić information content (AvgIpc) is 2.55. The minimum Gasteiger partial charge on any atom is -0.491 e. The van der Waals surface area contributed by atoms with E-state index in [1.54, 1.807) is 11.8 Å². The number of hydrogen-bond acceptors (Lipinski definition) is 3. The van der Waals surface area contributed by atoms with Crippen molar-refractivity contribution in [2.45, 2.75) is 19.6 Å². The van der Waals surface area contributed by atoms with E-state index in [4.69, 9.17) is 16.3 Å². The zero-order chi connectivity index (χ0) is 17.4. The van der Waals surface area contributed by atoms with Crippen LogP contribution < -0.4 is 10.1 Å². The SMILES string of the molecule is Cc1ccc(C)c(OCCNC(=O)CSCc2cccc(Cl)c2)c1. The van der Waals surface area contributed by atoms with Gasteiger partial charge in [-0.3, -0.25) is 4.79 Å². The van der Waals surface area contributed by atoms with Crippen molar-refractivity contribution >= 4 is 29.3 Å². The maximum Gasteiger partial charge on any atom is 0.230 e. The summed E-state index contributed by atoms with van der Waals surface area (Å²) >= 11 is 7.51. The summed E-state index contributed by atoms with van der Waals surface area (Å²) in [6, 6.07) is 13.8. The van der Waals surface area contributed by atoms with E-state index in [9.17, 15) is 4.79 Å². The van der Waals surface area contributed by atoms with E-state index < -0.39 is 0 Å². The zero-order valence-corrected chi connectivity index (χ0v) is 15.5. The highest BCUT2D eigenvalue weighted by atomic mass is 35.5. The number of nitrogens with one attached hydrogen (secondary N) is 1. The minimum absolute atomic E-state index is 0.0200. The molecular weight excluding hydrogens is 342 g/mol. The number of thioether (sulfide) groups is 1. The molecule has 0 fully saturated rings. The van der Waals surface area contributed by atoms with Crippen LogP contribution in [0, 0.1) is 13.8 Å². The van der Waals surface area contributed by atoms with Gasteiger partial charge in [-0.2, -0.15) is 0 Å². The lowest BCUT2D eigenvalue weighted by atomic mass is 10.1.